The van der Waals surface area contributed by atoms with Gasteiger partial charge in [0.25, 0.3) is 0 Å². The maximum atomic E-state index is 6.50. The fourth-order valence-corrected chi connectivity index (χ4v) is 4.67. The van der Waals surface area contributed by atoms with Crippen LogP contribution >= 0.6 is 0 Å². The molecule has 0 aromatic heterocycles. The van der Waals surface area contributed by atoms with Gasteiger partial charge < -0.3 is 33.2 Å². The molecule has 2 fully saturated rings. The lowest BCUT2D eigenvalue weighted by molar-refractivity contribution is -0.293. The minimum Gasteiger partial charge on any atom is -0.497 e. The molecule has 38 heavy (non-hydrogen) atoms. The highest BCUT2D eigenvalue weighted by molar-refractivity contribution is 5.28. The Morgan fingerprint density at radius 2 is 1.42 bits per heavy atom. The third kappa shape index (κ3) is 6.50. The van der Waals surface area contributed by atoms with E-state index in [9.17, 15) is 0 Å². The van der Waals surface area contributed by atoms with Crippen molar-refractivity contribution in [2.45, 2.75) is 50.2 Å². The third-order valence-electron chi connectivity index (χ3n) is 6.60. The molecule has 0 amide bonds. The SMILES string of the molecule is C=CCO[C@H]1O[C@H](COCc2ccccc2)[C@@H]2O[C@@H](c3ccc(OC)cc3)O[C@@H]2[C@H]1OCc1ccccc1. The van der Waals surface area contributed by atoms with E-state index in [-0.39, 0.29) is 0 Å². The zero-order valence-electron chi connectivity index (χ0n) is 21.5. The van der Waals surface area contributed by atoms with Crippen LogP contribution in [0.2, 0.25) is 0 Å². The molecule has 2 heterocycles. The van der Waals surface area contributed by atoms with Gasteiger partial charge in [-0.2, -0.15) is 0 Å². The van der Waals surface area contributed by atoms with Crippen LogP contribution in [0, 0.1) is 0 Å². The van der Waals surface area contributed by atoms with Gasteiger partial charge in [-0.3, -0.25) is 0 Å². The van der Waals surface area contributed by atoms with E-state index in [0.29, 0.717) is 26.4 Å². The lowest BCUT2D eigenvalue weighted by atomic mass is 9.99. The average Bonchev–Trinajstić information content (AvgIpc) is 3.42. The van der Waals surface area contributed by atoms with E-state index in [1.54, 1.807) is 13.2 Å². The number of fused-ring (bicyclic) bond motifs is 1. The van der Waals surface area contributed by atoms with Crippen LogP contribution in [0.5, 0.6) is 5.75 Å². The smallest absolute Gasteiger partial charge is 0.187 e. The van der Waals surface area contributed by atoms with Crippen molar-refractivity contribution in [3.63, 3.8) is 0 Å². The molecule has 2 aliphatic rings. The van der Waals surface area contributed by atoms with Gasteiger partial charge in [0.15, 0.2) is 12.6 Å². The van der Waals surface area contributed by atoms with E-state index in [4.69, 9.17) is 33.2 Å². The first-order valence-corrected chi connectivity index (χ1v) is 12.8. The van der Waals surface area contributed by atoms with Crippen LogP contribution in [-0.4, -0.2) is 51.0 Å². The van der Waals surface area contributed by atoms with Crippen molar-refractivity contribution in [3.8, 4) is 5.75 Å². The van der Waals surface area contributed by atoms with Crippen LogP contribution in [0.25, 0.3) is 0 Å². The Kier molecular flexibility index (Phi) is 9.19. The molecule has 0 N–H and O–H groups in total. The molecule has 6 atom stereocenters. The molecule has 0 radical (unpaired) electrons. The summed E-state index contributed by atoms with van der Waals surface area (Å²) in [6.45, 7) is 5.26. The topological polar surface area (TPSA) is 64.6 Å². The first-order chi connectivity index (χ1) is 18.7. The Morgan fingerprint density at radius 1 is 0.763 bits per heavy atom. The van der Waals surface area contributed by atoms with Crippen molar-refractivity contribution in [2.75, 3.05) is 20.3 Å². The van der Waals surface area contributed by atoms with Crippen molar-refractivity contribution >= 4 is 0 Å². The second-order valence-corrected chi connectivity index (χ2v) is 9.23. The highest BCUT2D eigenvalue weighted by Gasteiger charge is 2.54. The molecule has 7 heteroatoms. The van der Waals surface area contributed by atoms with Gasteiger partial charge in [-0.15, -0.1) is 6.58 Å². The number of methoxy groups -OCH3 is 1. The minimum absolute atomic E-state index is 0.313. The largest absolute Gasteiger partial charge is 0.497 e. The lowest BCUT2D eigenvalue weighted by Gasteiger charge is -2.41. The highest BCUT2D eigenvalue weighted by Crippen LogP contribution is 2.41. The summed E-state index contributed by atoms with van der Waals surface area (Å²) in [6.07, 6.45) is -1.36. The van der Waals surface area contributed by atoms with Gasteiger partial charge in [-0.05, 0) is 23.3 Å². The molecule has 0 saturated carbocycles. The van der Waals surface area contributed by atoms with Crippen LogP contribution in [0.3, 0.4) is 0 Å². The van der Waals surface area contributed by atoms with E-state index in [1.807, 2.05) is 84.9 Å². The molecule has 5 rings (SSSR count). The molecular weight excluding hydrogens is 484 g/mol. The van der Waals surface area contributed by atoms with Gasteiger partial charge in [0.05, 0.1) is 33.5 Å². The van der Waals surface area contributed by atoms with Crippen molar-refractivity contribution in [3.05, 3.63) is 114 Å². The Bertz CT molecular complexity index is 1120. The first-order valence-electron chi connectivity index (χ1n) is 12.8. The van der Waals surface area contributed by atoms with Crippen LogP contribution in [0.15, 0.2) is 97.6 Å². The van der Waals surface area contributed by atoms with Crippen LogP contribution in [0.4, 0.5) is 0 Å². The number of ether oxygens (including phenoxy) is 7. The van der Waals surface area contributed by atoms with Gasteiger partial charge >= 0.3 is 0 Å². The molecule has 7 nitrogen and oxygen atoms in total. The van der Waals surface area contributed by atoms with Crippen molar-refractivity contribution in [1.29, 1.82) is 0 Å². The Hall–Kier alpha value is -3.04. The Balaban J connectivity index is 1.35. The lowest BCUT2D eigenvalue weighted by Crippen LogP contribution is -2.59. The van der Waals surface area contributed by atoms with E-state index in [0.717, 1.165) is 22.4 Å². The zero-order chi connectivity index (χ0) is 26.2. The second kappa shape index (κ2) is 13.2. The Labute approximate surface area is 223 Å². The van der Waals surface area contributed by atoms with Gasteiger partial charge in [0.1, 0.15) is 30.2 Å². The fraction of sp³-hybridized carbons (Fsp3) is 0.355. The molecule has 0 aliphatic carbocycles. The summed E-state index contributed by atoms with van der Waals surface area (Å²) in [5.41, 5.74) is 3.02. The molecule has 2 saturated heterocycles. The van der Waals surface area contributed by atoms with Crippen molar-refractivity contribution in [1.82, 2.24) is 0 Å². The molecule has 0 unspecified atom stereocenters. The van der Waals surface area contributed by atoms with Crippen LogP contribution in [0.1, 0.15) is 23.0 Å². The number of hydrogen-bond donors (Lipinski definition) is 0. The number of hydrogen-bond acceptors (Lipinski definition) is 7. The van der Waals surface area contributed by atoms with Crippen molar-refractivity contribution < 1.29 is 33.2 Å². The average molecular weight is 519 g/mol. The summed E-state index contributed by atoms with van der Waals surface area (Å²) >= 11 is 0. The summed E-state index contributed by atoms with van der Waals surface area (Å²) in [7, 11) is 1.64. The summed E-state index contributed by atoms with van der Waals surface area (Å²) in [5, 5.41) is 0. The summed E-state index contributed by atoms with van der Waals surface area (Å²) in [5.74, 6) is 0.765. The molecule has 0 spiro atoms. The van der Waals surface area contributed by atoms with Gasteiger partial charge in [0, 0.05) is 5.56 Å². The Morgan fingerprint density at radius 3 is 2.08 bits per heavy atom. The maximum Gasteiger partial charge on any atom is 0.187 e. The zero-order valence-corrected chi connectivity index (χ0v) is 21.5. The molecule has 2 aliphatic heterocycles. The molecule has 200 valence electrons. The van der Waals surface area contributed by atoms with Gasteiger partial charge in [0.2, 0.25) is 0 Å². The maximum absolute atomic E-state index is 6.50. The molecular formula is C31H34O7. The summed E-state index contributed by atoms with van der Waals surface area (Å²) in [6, 6.07) is 27.7. The van der Waals surface area contributed by atoms with Gasteiger partial charge in [-0.1, -0.05) is 78.9 Å². The fourth-order valence-electron chi connectivity index (χ4n) is 4.67. The second-order valence-electron chi connectivity index (χ2n) is 9.23. The number of rotatable bonds is 12. The molecule has 0 bridgehead atoms. The van der Waals surface area contributed by atoms with Gasteiger partial charge in [-0.25, -0.2) is 0 Å². The predicted octanol–water partition coefficient (Wildman–Crippen LogP) is 5.21. The minimum atomic E-state index is -0.679. The third-order valence-corrected chi connectivity index (χ3v) is 6.60. The standard InChI is InChI=1S/C31H34O7/c1-3-18-34-31-29(35-20-23-12-8-5-9-13-23)28-27(26(36-31)21-33-19-22-10-6-4-7-11-22)37-30(38-28)24-14-16-25(32-2)17-15-24/h3-17,26-31H,1,18-21H2,2H3/t26-,27+,28+,29-,30-,31+/m1/s1. The monoisotopic (exact) mass is 518 g/mol. The van der Waals surface area contributed by atoms with Crippen molar-refractivity contribution in [2.24, 2.45) is 0 Å². The first kappa shape index (κ1) is 26.6. The molecule has 3 aromatic carbocycles. The van der Waals surface area contributed by atoms with E-state index in [1.165, 1.54) is 0 Å². The van der Waals surface area contributed by atoms with E-state index < -0.39 is 37.0 Å². The number of benzene rings is 3. The summed E-state index contributed by atoms with van der Waals surface area (Å²) in [4.78, 5) is 0. The van der Waals surface area contributed by atoms with E-state index in [2.05, 4.69) is 6.58 Å². The quantitative estimate of drug-likeness (QED) is 0.305. The normalized spacial score (nSPS) is 26.6. The van der Waals surface area contributed by atoms with E-state index >= 15 is 0 Å². The van der Waals surface area contributed by atoms with Crippen LogP contribution < -0.4 is 4.74 Å². The van der Waals surface area contributed by atoms with Crippen LogP contribution in [-0.2, 0) is 41.6 Å². The molecule has 3 aromatic rings. The highest BCUT2D eigenvalue weighted by atomic mass is 16.8. The summed E-state index contributed by atoms with van der Waals surface area (Å²) < 4.78 is 43.2. The predicted molar refractivity (Wildman–Crippen MR) is 141 cm³/mol.